The number of benzene rings is 1. The molecule has 0 atom stereocenters. The highest BCUT2D eigenvalue weighted by Crippen LogP contribution is 2.26. The Morgan fingerprint density at radius 3 is 2.68 bits per heavy atom. The summed E-state index contributed by atoms with van der Waals surface area (Å²) < 4.78 is 27.9. The van der Waals surface area contributed by atoms with Crippen LogP contribution in [0.25, 0.3) is 0 Å². The highest BCUT2D eigenvalue weighted by molar-refractivity contribution is 7.91. The number of carboxylic acid groups (broad SMARTS) is 1. The first-order valence-corrected chi connectivity index (χ1v) is 7.64. The summed E-state index contributed by atoms with van der Waals surface area (Å²) in [6.07, 6.45) is 0.295. The number of sulfone groups is 1. The average Bonchev–Trinajstić information content (AvgIpc) is 2.35. The van der Waals surface area contributed by atoms with E-state index < -0.39 is 15.8 Å². The highest BCUT2D eigenvalue weighted by Gasteiger charge is 2.14. The van der Waals surface area contributed by atoms with Gasteiger partial charge in [0.15, 0.2) is 5.75 Å². The number of carbonyl (C=O) groups is 1. The molecule has 6 nitrogen and oxygen atoms in total. The Balaban J connectivity index is 2.66. The number of hydrogen-bond donors (Lipinski definition) is 2. The van der Waals surface area contributed by atoms with Gasteiger partial charge in [0.25, 0.3) is 0 Å². The van der Waals surface area contributed by atoms with Gasteiger partial charge < -0.3 is 15.6 Å². The van der Waals surface area contributed by atoms with Crippen molar-refractivity contribution in [1.82, 2.24) is 0 Å². The van der Waals surface area contributed by atoms with Crippen molar-refractivity contribution in [3.63, 3.8) is 0 Å². The van der Waals surface area contributed by atoms with Gasteiger partial charge in [-0.05, 0) is 18.6 Å². The lowest BCUT2D eigenvalue weighted by Gasteiger charge is -2.11. The number of ether oxygens (including phenoxy) is 1. The standard InChI is InChI=1S/C12H17NO5S/c1-2-19(16,17)8-4-7-18-11-9(12(14)15)5-3-6-10(11)13/h3,5-6H,2,4,7-8,13H2,1H3,(H,14,15). The van der Waals surface area contributed by atoms with E-state index in [2.05, 4.69) is 0 Å². The van der Waals surface area contributed by atoms with E-state index in [0.29, 0.717) is 6.42 Å². The number of nitrogens with two attached hydrogens (primary N) is 1. The minimum Gasteiger partial charge on any atom is -0.490 e. The van der Waals surface area contributed by atoms with E-state index in [1.165, 1.54) is 18.2 Å². The Labute approximate surface area is 112 Å². The van der Waals surface area contributed by atoms with Crippen LogP contribution >= 0.6 is 0 Å². The minimum atomic E-state index is -3.04. The molecule has 0 aromatic heterocycles. The lowest BCUT2D eigenvalue weighted by atomic mass is 10.2. The summed E-state index contributed by atoms with van der Waals surface area (Å²) in [5, 5.41) is 8.98. The molecule has 1 aromatic rings. The van der Waals surface area contributed by atoms with E-state index >= 15 is 0 Å². The number of anilines is 1. The first-order valence-electron chi connectivity index (χ1n) is 5.82. The van der Waals surface area contributed by atoms with Crippen LogP contribution in [-0.4, -0.2) is 37.6 Å². The predicted octanol–water partition coefficient (Wildman–Crippen LogP) is 1.17. The van der Waals surface area contributed by atoms with Gasteiger partial charge in [-0.15, -0.1) is 0 Å². The smallest absolute Gasteiger partial charge is 0.339 e. The molecule has 0 saturated heterocycles. The molecule has 1 aromatic carbocycles. The van der Waals surface area contributed by atoms with Crippen molar-refractivity contribution in [2.45, 2.75) is 13.3 Å². The van der Waals surface area contributed by atoms with Crippen LogP contribution in [0.1, 0.15) is 23.7 Å². The number of hydrogen-bond acceptors (Lipinski definition) is 5. The second kappa shape index (κ2) is 6.42. The van der Waals surface area contributed by atoms with Gasteiger partial charge >= 0.3 is 5.97 Å². The largest absolute Gasteiger partial charge is 0.490 e. The third-order valence-electron chi connectivity index (χ3n) is 2.56. The van der Waals surface area contributed by atoms with Crippen molar-refractivity contribution >= 4 is 21.5 Å². The van der Waals surface area contributed by atoms with Crippen LogP contribution in [0.2, 0.25) is 0 Å². The molecule has 7 heteroatoms. The average molecular weight is 287 g/mol. The van der Waals surface area contributed by atoms with Crippen molar-refractivity contribution in [3.8, 4) is 5.75 Å². The molecule has 0 unspecified atom stereocenters. The predicted molar refractivity (Wildman–Crippen MR) is 72.3 cm³/mol. The number of aromatic carboxylic acids is 1. The SMILES string of the molecule is CCS(=O)(=O)CCCOc1c(N)cccc1C(=O)O. The van der Waals surface area contributed by atoms with Crippen LogP contribution in [-0.2, 0) is 9.84 Å². The molecule has 0 aliphatic rings. The molecule has 0 bridgehead atoms. The lowest BCUT2D eigenvalue weighted by Crippen LogP contribution is -2.13. The van der Waals surface area contributed by atoms with Gasteiger partial charge in [-0.25, -0.2) is 13.2 Å². The van der Waals surface area contributed by atoms with E-state index in [0.717, 1.165) is 0 Å². The molecule has 3 N–H and O–H groups in total. The van der Waals surface area contributed by atoms with Crippen molar-refractivity contribution < 1.29 is 23.1 Å². The van der Waals surface area contributed by atoms with Gasteiger partial charge in [-0.2, -0.15) is 0 Å². The molecule has 19 heavy (non-hydrogen) atoms. The van der Waals surface area contributed by atoms with Gasteiger partial charge in [0.1, 0.15) is 15.4 Å². The Morgan fingerprint density at radius 2 is 2.11 bits per heavy atom. The Kier molecular flexibility index (Phi) is 5.17. The molecule has 106 valence electrons. The zero-order valence-corrected chi connectivity index (χ0v) is 11.4. The van der Waals surface area contributed by atoms with Crippen LogP contribution in [0.3, 0.4) is 0 Å². The second-order valence-electron chi connectivity index (χ2n) is 3.97. The molecule has 0 spiro atoms. The number of rotatable bonds is 7. The van der Waals surface area contributed by atoms with Crippen LogP contribution in [0, 0.1) is 0 Å². The summed E-state index contributed by atoms with van der Waals surface area (Å²) in [7, 11) is -3.04. The Hall–Kier alpha value is -1.76. The van der Waals surface area contributed by atoms with Crippen LogP contribution in [0.5, 0.6) is 5.75 Å². The molecule has 1 rings (SSSR count). The minimum absolute atomic E-state index is 0.0125. The summed E-state index contributed by atoms with van der Waals surface area (Å²) in [4.78, 5) is 11.0. The molecule has 0 fully saturated rings. The molecule has 0 aliphatic carbocycles. The van der Waals surface area contributed by atoms with E-state index in [4.69, 9.17) is 15.6 Å². The zero-order valence-electron chi connectivity index (χ0n) is 10.6. The summed E-state index contributed by atoms with van der Waals surface area (Å²) in [6, 6.07) is 4.44. The summed E-state index contributed by atoms with van der Waals surface area (Å²) in [5.74, 6) is -0.952. The Bertz CT molecular complexity index is 553. The summed E-state index contributed by atoms with van der Waals surface area (Å²) in [6.45, 7) is 1.68. The van der Waals surface area contributed by atoms with E-state index in [1.54, 1.807) is 6.92 Å². The van der Waals surface area contributed by atoms with Crippen molar-refractivity contribution in [2.75, 3.05) is 23.8 Å². The fourth-order valence-corrected chi connectivity index (χ4v) is 2.33. The molecular weight excluding hydrogens is 270 g/mol. The van der Waals surface area contributed by atoms with E-state index in [1.807, 2.05) is 0 Å². The van der Waals surface area contributed by atoms with Gasteiger partial charge in [-0.1, -0.05) is 13.0 Å². The van der Waals surface area contributed by atoms with Crippen molar-refractivity contribution in [3.05, 3.63) is 23.8 Å². The maximum Gasteiger partial charge on any atom is 0.339 e. The maximum absolute atomic E-state index is 11.3. The van der Waals surface area contributed by atoms with Gasteiger partial charge in [0.2, 0.25) is 0 Å². The molecule has 0 radical (unpaired) electrons. The monoisotopic (exact) mass is 287 g/mol. The van der Waals surface area contributed by atoms with Crippen molar-refractivity contribution in [2.24, 2.45) is 0 Å². The van der Waals surface area contributed by atoms with Gasteiger partial charge in [0, 0.05) is 5.75 Å². The first kappa shape index (κ1) is 15.3. The quantitative estimate of drug-likeness (QED) is 0.576. The fraction of sp³-hybridized carbons (Fsp3) is 0.417. The molecule has 0 heterocycles. The molecule has 0 amide bonds. The molecule has 0 saturated carbocycles. The normalized spacial score (nSPS) is 11.2. The van der Waals surface area contributed by atoms with Crippen LogP contribution in [0.4, 0.5) is 5.69 Å². The number of carboxylic acids is 1. The zero-order chi connectivity index (χ0) is 14.5. The molecular formula is C12H17NO5S. The highest BCUT2D eigenvalue weighted by atomic mass is 32.2. The third kappa shape index (κ3) is 4.44. The third-order valence-corrected chi connectivity index (χ3v) is 4.35. The first-order chi connectivity index (χ1) is 8.87. The van der Waals surface area contributed by atoms with Gasteiger partial charge in [0.05, 0.1) is 18.0 Å². The lowest BCUT2D eigenvalue weighted by molar-refractivity contribution is 0.0692. The van der Waals surface area contributed by atoms with E-state index in [9.17, 15) is 13.2 Å². The molecule has 0 aliphatic heterocycles. The van der Waals surface area contributed by atoms with Crippen LogP contribution in [0.15, 0.2) is 18.2 Å². The van der Waals surface area contributed by atoms with E-state index in [-0.39, 0.29) is 35.1 Å². The number of nitrogen functional groups attached to an aromatic ring is 1. The fourth-order valence-electron chi connectivity index (χ4n) is 1.48. The summed E-state index contributed by atoms with van der Waals surface area (Å²) in [5.41, 5.74) is 5.84. The summed E-state index contributed by atoms with van der Waals surface area (Å²) >= 11 is 0. The van der Waals surface area contributed by atoms with Crippen molar-refractivity contribution in [1.29, 1.82) is 0 Å². The topological polar surface area (TPSA) is 107 Å². The van der Waals surface area contributed by atoms with Crippen LogP contribution < -0.4 is 10.5 Å². The second-order valence-corrected chi connectivity index (χ2v) is 6.44. The maximum atomic E-state index is 11.3. The number of para-hydroxylation sites is 1. The Morgan fingerprint density at radius 1 is 1.42 bits per heavy atom. The van der Waals surface area contributed by atoms with Gasteiger partial charge in [-0.3, -0.25) is 0 Å².